The van der Waals surface area contributed by atoms with Gasteiger partial charge in [0, 0.05) is 24.6 Å². The van der Waals surface area contributed by atoms with Crippen molar-refractivity contribution in [1.82, 2.24) is 19.7 Å². The smallest absolute Gasteiger partial charge is 0.278 e. The molecule has 0 fully saturated rings. The molecular formula is C11H13N5O. The zero-order valence-electron chi connectivity index (χ0n) is 9.71. The van der Waals surface area contributed by atoms with Gasteiger partial charge in [-0.25, -0.2) is 9.97 Å². The van der Waals surface area contributed by atoms with Gasteiger partial charge in [0.2, 0.25) is 5.95 Å². The number of nitrogens with one attached hydrogen (secondary N) is 1. The van der Waals surface area contributed by atoms with Gasteiger partial charge < -0.3 is 0 Å². The van der Waals surface area contributed by atoms with Gasteiger partial charge in [-0.3, -0.25) is 14.8 Å². The number of anilines is 1. The van der Waals surface area contributed by atoms with Gasteiger partial charge >= 0.3 is 0 Å². The van der Waals surface area contributed by atoms with E-state index in [1.807, 2.05) is 13.8 Å². The molecule has 2 heterocycles. The summed E-state index contributed by atoms with van der Waals surface area (Å²) < 4.78 is 1.69. The lowest BCUT2D eigenvalue weighted by Crippen LogP contribution is -2.15. The molecule has 6 heteroatoms. The highest BCUT2D eigenvalue weighted by Crippen LogP contribution is 2.03. The summed E-state index contributed by atoms with van der Waals surface area (Å²) >= 11 is 0. The van der Waals surface area contributed by atoms with E-state index in [-0.39, 0.29) is 5.91 Å². The molecule has 0 saturated carbocycles. The zero-order valence-corrected chi connectivity index (χ0v) is 9.71. The number of carbonyl (C=O) groups is 1. The summed E-state index contributed by atoms with van der Waals surface area (Å²) in [6.07, 6.45) is 3.36. The first kappa shape index (κ1) is 11.3. The van der Waals surface area contributed by atoms with Crippen LogP contribution < -0.4 is 5.32 Å². The van der Waals surface area contributed by atoms with Crippen LogP contribution in [0.3, 0.4) is 0 Å². The number of hydrogen-bond acceptors (Lipinski definition) is 4. The van der Waals surface area contributed by atoms with Gasteiger partial charge in [0.25, 0.3) is 5.91 Å². The predicted molar refractivity (Wildman–Crippen MR) is 62.6 cm³/mol. The normalized spacial score (nSPS) is 10.2. The van der Waals surface area contributed by atoms with E-state index >= 15 is 0 Å². The molecule has 0 unspecified atom stereocenters. The number of aromatic nitrogens is 4. The van der Waals surface area contributed by atoms with E-state index in [9.17, 15) is 4.79 Å². The standard InChI is InChI=1S/C11H13N5O/c1-3-16-7-5-9(15-16)10(17)14-11-12-6-4-8(2)13-11/h4-7H,3H2,1-2H3,(H,12,13,14,17). The Labute approximate surface area is 98.7 Å². The van der Waals surface area contributed by atoms with Crippen molar-refractivity contribution >= 4 is 11.9 Å². The van der Waals surface area contributed by atoms with Crippen LogP contribution in [0.2, 0.25) is 0 Å². The molecule has 1 N–H and O–H groups in total. The Morgan fingerprint density at radius 2 is 2.29 bits per heavy atom. The first-order chi connectivity index (χ1) is 8.19. The minimum Gasteiger partial charge on any atom is -0.289 e. The minimum atomic E-state index is -0.303. The van der Waals surface area contributed by atoms with Crippen molar-refractivity contribution in [2.75, 3.05) is 5.32 Å². The Bertz CT molecular complexity index is 534. The van der Waals surface area contributed by atoms with E-state index in [4.69, 9.17) is 0 Å². The fraction of sp³-hybridized carbons (Fsp3) is 0.273. The summed E-state index contributed by atoms with van der Waals surface area (Å²) in [5.74, 6) is -0.0103. The Hall–Kier alpha value is -2.24. The number of nitrogens with zero attached hydrogens (tertiary/aromatic N) is 4. The molecule has 0 radical (unpaired) electrons. The molecule has 17 heavy (non-hydrogen) atoms. The summed E-state index contributed by atoms with van der Waals surface area (Å²) in [5.41, 5.74) is 1.16. The largest absolute Gasteiger partial charge is 0.289 e. The van der Waals surface area contributed by atoms with Gasteiger partial charge in [-0.05, 0) is 26.0 Å². The summed E-state index contributed by atoms with van der Waals surface area (Å²) in [6, 6.07) is 3.43. The predicted octanol–water partition coefficient (Wildman–Crippen LogP) is 1.25. The Kier molecular flexibility index (Phi) is 3.13. The van der Waals surface area contributed by atoms with Crippen LogP contribution in [0.1, 0.15) is 23.1 Å². The second-order valence-electron chi connectivity index (χ2n) is 3.53. The first-order valence-electron chi connectivity index (χ1n) is 5.33. The SMILES string of the molecule is CCn1ccc(C(=O)Nc2nccc(C)n2)n1. The van der Waals surface area contributed by atoms with E-state index in [0.29, 0.717) is 11.6 Å². The Morgan fingerprint density at radius 3 is 2.94 bits per heavy atom. The van der Waals surface area contributed by atoms with E-state index in [1.54, 1.807) is 29.2 Å². The lowest BCUT2D eigenvalue weighted by molar-refractivity contribution is 0.102. The lowest BCUT2D eigenvalue weighted by Gasteiger charge is -2.01. The van der Waals surface area contributed by atoms with Crippen LogP contribution in [0.4, 0.5) is 5.95 Å². The molecule has 0 aliphatic heterocycles. The van der Waals surface area contributed by atoms with Crippen LogP contribution in [0, 0.1) is 6.92 Å². The van der Waals surface area contributed by atoms with Gasteiger partial charge in [0.15, 0.2) is 5.69 Å². The van der Waals surface area contributed by atoms with Crippen LogP contribution in [-0.4, -0.2) is 25.7 Å². The average Bonchev–Trinajstić information content (AvgIpc) is 2.77. The third kappa shape index (κ3) is 2.66. The average molecular weight is 231 g/mol. The topological polar surface area (TPSA) is 72.7 Å². The summed E-state index contributed by atoms with van der Waals surface area (Å²) in [4.78, 5) is 19.8. The summed E-state index contributed by atoms with van der Waals surface area (Å²) in [5, 5.41) is 6.70. The molecule has 0 saturated heterocycles. The Balaban J connectivity index is 2.11. The monoisotopic (exact) mass is 231 g/mol. The van der Waals surface area contributed by atoms with E-state index in [1.165, 1.54) is 0 Å². The molecule has 0 atom stereocenters. The number of aryl methyl sites for hydroxylation is 2. The third-order valence-electron chi connectivity index (χ3n) is 2.22. The lowest BCUT2D eigenvalue weighted by atomic mass is 10.4. The fourth-order valence-electron chi connectivity index (χ4n) is 1.33. The van der Waals surface area contributed by atoms with Crippen LogP contribution in [0.5, 0.6) is 0 Å². The molecule has 6 nitrogen and oxygen atoms in total. The fourth-order valence-corrected chi connectivity index (χ4v) is 1.33. The van der Waals surface area contributed by atoms with E-state index < -0.39 is 0 Å². The van der Waals surface area contributed by atoms with Crippen molar-refractivity contribution in [1.29, 1.82) is 0 Å². The maximum absolute atomic E-state index is 11.8. The quantitative estimate of drug-likeness (QED) is 0.862. The number of amides is 1. The third-order valence-corrected chi connectivity index (χ3v) is 2.22. The Morgan fingerprint density at radius 1 is 1.47 bits per heavy atom. The van der Waals surface area contributed by atoms with Gasteiger partial charge in [-0.15, -0.1) is 0 Å². The van der Waals surface area contributed by atoms with Crippen LogP contribution in [0.25, 0.3) is 0 Å². The van der Waals surface area contributed by atoms with Crippen molar-refractivity contribution in [2.45, 2.75) is 20.4 Å². The van der Waals surface area contributed by atoms with Gasteiger partial charge in [0.1, 0.15) is 0 Å². The van der Waals surface area contributed by atoms with Gasteiger partial charge in [-0.2, -0.15) is 5.10 Å². The second kappa shape index (κ2) is 4.73. The molecular weight excluding hydrogens is 218 g/mol. The van der Waals surface area contributed by atoms with Crippen molar-refractivity contribution in [3.05, 3.63) is 35.9 Å². The van der Waals surface area contributed by atoms with Crippen LogP contribution >= 0.6 is 0 Å². The molecule has 2 aromatic heterocycles. The van der Waals surface area contributed by atoms with Crippen molar-refractivity contribution in [3.63, 3.8) is 0 Å². The molecule has 2 aromatic rings. The number of hydrogen-bond donors (Lipinski definition) is 1. The van der Waals surface area contributed by atoms with Crippen LogP contribution in [0.15, 0.2) is 24.5 Å². The summed E-state index contributed by atoms with van der Waals surface area (Å²) in [7, 11) is 0. The van der Waals surface area contributed by atoms with Crippen LogP contribution in [-0.2, 0) is 6.54 Å². The van der Waals surface area contributed by atoms with Crippen molar-refractivity contribution in [3.8, 4) is 0 Å². The second-order valence-corrected chi connectivity index (χ2v) is 3.53. The summed E-state index contributed by atoms with van der Waals surface area (Å²) in [6.45, 7) is 4.52. The van der Waals surface area contributed by atoms with Gasteiger partial charge in [0.05, 0.1) is 0 Å². The molecule has 2 rings (SSSR count). The molecule has 0 aliphatic rings. The van der Waals surface area contributed by atoms with Crippen molar-refractivity contribution < 1.29 is 4.79 Å². The van der Waals surface area contributed by atoms with Crippen molar-refractivity contribution in [2.24, 2.45) is 0 Å². The van der Waals surface area contributed by atoms with E-state index in [0.717, 1.165) is 12.2 Å². The van der Waals surface area contributed by atoms with E-state index in [2.05, 4.69) is 20.4 Å². The molecule has 88 valence electrons. The molecule has 0 aromatic carbocycles. The molecule has 1 amide bonds. The first-order valence-corrected chi connectivity index (χ1v) is 5.33. The zero-order chi connectivity index (χ0) is 12.3. The maximum atomic E-state index is 11.8. The maximum Gasteiger partial charge on any atom is 0.278 e. The highest BCUT2D eigenvalue weighted by molar-refractivity contribution is 6.01. The molecule has 0 bridgehead atoms. The molecule has 0 spiro atoms. The van der Waals surface area contributed by atoms with Gasteiger partial charge in [-0.1, -0.05) is 0 Å². The number of rotatable bonds is 3. The molecule has 0 aliphatic carbocycles. The minimum absolute atomic E-state index is 0.293. The number of carbonyl (C=O) groups excluding carboxylic acids is 1. The highest BCUT2D eigenvalue weighted by Gasteiger charge is 2.10. The highest BCUT2D eigenvalue weighted by atomic mass is 16.2.